The van der Waals surface area contributed by atoms with Crippen LogP contribution < -0.4 is 5.32 Å². The number of thioether (sulfide) groups is 1. The van der Waals surface area contributed by atoms with Crippen molar-refractivity contribution >= 4 is 11.8 Å². The molecule has 0 aromatic rings. The number of rotatable bonds is 3. The van der Waals surface area contributed by atoms with Gasteiger partial charge in [0.15, 0.2) is 0 Å². The fraction of sp³-hybridized carbons (Fsp3) is 1.00. The highest BCUT2D eigenvalue weighted by molar-refractivity contribution is 7.99. The molecule has 2 fully saturated rings. The second-order valence-corrected chi connectivity index (χ2v) is 6.70. The summed E-state index contributed by atoms with van der Waals surface area (Å²) >= 11 is 2.13. The molecule has 0 amide bonds. The zero-order chi connectivity index (χ0) is 10.7. The van der Waals surface area contributed by atoms with Crippen LogP contribution in [0.3, 0.4) is 0 Å². The Balaban J connectivity index is 1.75. The zero-order valence-electron chi connectivity index (χ0n) is 10.2. The first-order valence-corrected chi connectivity index (χ1v) is 7.74. The molecule has 1 aliphatic carbocycles. The predicted molar refractivity (Wildman–Crippen MR) is 69.4 cm³/mol. The summed E-state index contributed by atoms with van der Waals surface area (Å²) in [5, 5.41) is 3.85. The summed E-state index contributed by atoms with van der Waals surface area (Å²) in [5.41, 5.74) is 0. The van der Waals surface area contributed by atoms with Gasteiger partial charge in [0.2, 0.25) is 0 Å². The molecule has 1 heterocycles. The minimum Gasteiger partial charge on any atom is -0.313 e. The quantitative estimate of drug-likeness (QED) is 0.795. The van der Waals surface area contributed by atoms with Gasteiger partial charge < -0.3 is 5.32 Å². The molecule has 0 aromatic heterocycles. The Morgan fingerprint density at radius 3 is 2.47 bits per heavy atom. The van der Waals surface area contributed by atoms with Crippen LogP contribution in [-0.4, -0.2) is 24.1 Å². The molecule has 15 heavy (non-hydrogen) atoms. The van der Waals surface area contributed by atoms with Crippen LogP contribution in [0.4, 0.5) is 0 Å². The van der Waals surface area contributed by atoms with Gasteiger partial charge in [-0.15, -0.1) is 0 Å². The van der Waals surface area contributed by atoms with E-state index in [9.17, 15) is 0 Å². The van der Waals surface area contributed by atoms with Crippen molar-refractivity contribution in [3.63, 3.8) is 0 Å². The lowest BCUT2D eigenvalue weighted by atomic mass is 9.78. The van der Waals surface area contributed by atoms with Crippen LogP contribution in [0.1, 0.15) is 39.5 Å². The Morgan fingerprint density at radius 1 is 1.13 bits per heavy atom. The van der Waals surface area contributed by atoms with Crippen molar-refractivity contribution in [2.24, 2.45) is 17.8 Å². The van der Waals surface area contributed by atoms with E-state index in [0.29, 0.717) is 0 Å². The highest BCUT2D eigenvalue weighted by Gasteiger charge is 2.28. The number of nitrogens with one attached hydrogen (secondary N) is 1. The van der Waals surface area contributed by atoms with Gasteiger partial charge in [-0.1, -0.05) is 20.3 Å². The van der Waals surface area contributed by atoms with Gasteiger partial charge in [-0.3, -0.25) is 0 Å². The van der Waals surface area contributed by atoms with E-state index in [4.69, 9.17) is 0 Å². The van der Waals surface area contributed by atoms with Crippen LogP contribution in [-0.2, 0) is 0 Å². The molecule has 0 aromatic carbocycles. The fourth-order valence-corrected chi connectivity index (χ4v) is 4.42. The molecule has 2 rings (SSSR count). The third-order valence-electron chi connectivity index (χ3n) is 4.21. The summed E-state index contributed by atoms with van der Waals surface area (Å²) in [4.78, 5) is 0. The van der Waals surface area contributed by atoms with E-state index in [2.05, 4.69) is 30.9 Å². The summed E-state index contributed by atoms with van der Waals surface area (Å²) < 4.78 is 0. The fourth-order valence-electron chi connectivity index (χ4n) is 3.13. The molecular weight excluding hydrogens is 202 g/mol. The largest absolute Gasteiger partial charge is 0.313 e. The lowest BCUT2D eigenvalue weighted by Gasteiger charge is -2.36. The Kier molecular flexibility index (Phi) is 4.39. The van der Waals surface area contributed by atoms with Crippen molar-refractivity contribution in [3.05, 3.63) is 0 Å². The smallest absolute Gasteiger partial charge is 0.0118 e. The number of hydrogen-bond acceptors (Lipinski definition) is 2. The minimum absolute atomic E-state index is 0.796. The third kappa shape index (κ3) is 3.13. The summed E-state index contributed by atoms with van der Waals surface area (Å²) in [6.45, 7) is 6.12. The zero-order valence-corrected chi connectivity index (χ0v) is 11.0. The third-order valence-corrected chi connectivity index (χ3v) is 5.44. The molecule has 0 spiro atoms. The molecule has 3 atom stereocenters. The van der Waals surface area contributed by atoms with Gasteiger partial charge in [0.25, 0.3) is 0 Å². The van der Waals surface area contributed by atoms with Crippen LogP contribution in [0, 0.1) is 17.8 Å². The molecule has 1 saturated carbocycles. The summed E-state index contributed by atoms with van der Waals surface area (Å²) in [5.74, 6) is 5.52. The Labute approximate surface area is 98.8 Å². The van der Waals surface area contributed by atoms with Gasteiger partial charge in [0.05, 0.1) is 0 Å². The average Bonchev–Trinajstić information content (AvgIpc) is 2.70. The second kappa shape index (κ2) is 5.58. The Bertz CT molecular complexity index is 179. The molecule has 0 bridgehead atoms. The van der Waals surface area contributed by atoms with E-state index < -0.39 is 0 Å². The maximum absolute atomic E-state index is 3.85. The van der Waals surface area contributed by atoms with Gasteiger partial charge in [-0.25, -0.2) is 0 Å². The van der Waals surface area contributed by atoms with Crippen LogP contribution in [0.5, 0.6) is 0 Å². The monoisotopic (exact) mass is 227 g/mol. The summed E-state index contributed by atoms with van der Waals surface area (Å²) in [6.07, 6.45) is 5.75. The van der Waals surface area contributed by atoms with E-state index in [0.717, 1.165) is 23.8 Å². The first-order valence-electron chi connectivity index (χ1n) is 6.58. The molecule has 0 radical (unpaired) electrons. The molecule has 88 valence electrons. The number of hydrogen-bond donors (Lipinski definition) is 1. The molecule has 2 heteroatoms. The van der Waals surface area contributed by atoms with Crippen molar-refractivity contribution in [1.29, 1.82) is 0 Å². The molecule has 1 N–H and O–H groups in total. The van der Waals surface area contributed by atoms with Crippen LogP contribution >= 0.6 is 11.8 Å². The van der Waals surface area contributed by atoms with Gasteiger partial charge in [0.1, 0.15) is 0 Å². The van der Waals surface area contributed by atoms with Crippen molar-refractivity contribution < 1.29 is 0 Å². The van der Waals surface area contributed by atoms with Gasteiger partial charge >= 0.3 is 0 Å². The first kappa shape index (κ1) is 11.8. The lowest BCUT2D eigenvalue weighted by molar-refractivity contribution is 0.203. The van der Waals surface area contributed by atoms with Crippen LogP contribution in [0.25, 0.3) is 0 Å². The van der Waals surface area contributed by atoms with Gasteiger partial charge in [-0.05, 0) is 55.1 Å². The van der Waals surface area contributed by atoms with Crippen molar-refractivity contribution in [3.8, 4) is 0 Å². The molecule has 1 nitrogen and oxygen atoms in total. The van der Waals surface area contributed by atoms with Crippen molar-refractivity contribution in [2.75, 3.05) is 18.1 Å². The van der Waals surface area contributed by atoms with Gasteiger partial charge in [-0.2, -0.15) is 11.8 Å². The molecular formula is C13H25NS. The highest BCUT2D eigenvalue weighted by Crippen LogP contribution is 2.29. The maximum atomic E-state index is 3.85. The lowest BCUT2D eigenvalue weighted by Crippen LogP contribution is -2.44. The summed E-state index contributed by atoms with van der Waals surface area (Å²) in [7, 11) is 0. The van der Waals surface area contributed by atoms with E-state index in [1.165, 1.54) is 43.7 Å². The van der Waals surface area contributed by atoms with Gasteiger partial charge in [0, 0.05) is 6.04 Å². The molecule has 3 unspecified atom stereocenters. The average molecular weight is 227 g/mol. The first-order chi connectivity index (χ1) is 7.27. The van der Waals surface area contributed by atoms with Crippen molar-refractivity contribution in [2.45, 2.75) is 45.6 Å². The molecule has 2 aliphatic rings. The van der Waals surface area contributed by atoms with E-state index in [1.807, 2.05) is 0 Å². The Morgan fingerprint density at radius 2 is 1.87 bits per heavy atom. The Hall–Kier alpha value is 0.310. The predicted octanol–water partition coefficient (Wildman–Crippen LogP) is 3.15. The topological polar surface area (TPSA) is 12.0 Å². The normalized spacial score (nSPS) is 42.0. The minimum atomic E-state index is 0.796. The van der Waals surface area contributed by atoms with E-state index >= 15 is 0 Å². The van der Waals surface area contributed by atoms with E-state index in [1.54, 1.807) is 0 Å². The van der Waals surface area contributed by atoms with Crippen molar-refractivity contribution in [1.82, 2.24) is 5.32 Å². The van der Waals surface area contributed by atoms with E-state index in [-0.39, 0.29) is 0 Å². The van der Waals surface area contributed by atoms with Crippen LogP contribution in [0.15, 0.2) is 0 Å². The SMILES string of the molecule is CC1CCCC(C)C1NCC1CCSC1. The van der Waals surface area contributed by atoms with Crippen LogP contribution in [0.2, 0.25) is 0 Å². The second-order valence-electron chi connectivity index (χ2n) is 5.55. The molecule has 1 aliphatic heterocycles. The molecule has 1 saturated heterocycles. The highest BCUT2D eigenvalue weighted by atomic mass is 32.2. The summed E-state index contributed by atoms with van der Waals surface area (Å²) in [6, 6.07) is 0.796. The standard InChI is InChI=1S/C13H25NS/c1-10-4-3-5-11(2)13(10)14-8-12-6-7-15-9-12/h10-14H,3-9H2,1-2H3. The maximum Gasteiger partial charge on any atom is 0.0118 e.